The fourth-order valence-electron chi connectivity index (χ4n) is 3.29. The molecule has 1 fully saturated rings. The average Bonchev–Trinajstić information content (AvgIpc) is 2.90. The van der Waals surface area contributed by atoms with Crippen molar-refractivity contribution in [2.75, 3.05) is 26.2 Å². The Hall–Kier alpha value is -1.56. The second kappa shape index (κ2) is 7.99. The molecule has 0 radical (unpaired) electrons. The molecule has 1 aromatic carbocycles. The van der Waals surface area contributed by atoms with E-state index in [0.717, 1.165) is 18.7 Å². The Labute approximate surface area is 164 Å². The first-order valence-corrected chi connectivity index (χ1v) is 9.63. The predicted octanol–water partition coefficient (Wildman–Crippen LogP) is 3.71. The van der Waals surface area contributed by atoms with Gasteiger partial charge in [0.2, 0.25) is 0 Å². The van der Waals surface area contributed by atoms with Crippen LogP contribution in [0.5, 0.6) is 0 Å². The Kier molecular flexibility index (Phi) is 5.90. The Morgan fingerprint density at radius 3 is 2.42 bits per heavy atom. The van der Waals surface area contributed by atoms with Crippen LogP contribution in [0.2, 0.25) is 10.2 Å². The second-order valence-corrected chi connectivity index (χ2v) is 7.69. The molecule has 0 saturated carbocycles. The molecule has 0 unspecified atom stereocenters. The minimum absolute atomic E-state index is 0.0404. The van der Waals surface area contributed by atoms with E-state index in [0.29, 0.717) is 47.1 Å². The van der Waals surface area contributed by atoms with E-state index in [1.807, 2.05) is 36.1 Å². The van der Waals surface area contributed by atoms with Gasteiger partial charge in [-0.15, -0.1) is 0 Å². The number of benzene rings is 1. The van der Waals surface area contributed by atoms with Crippen molar-refractivity contribution in [1.82, 2.24) is 19.6 Å². The molecule has 1 aliphatic rings. The molecule has 1 aromatic heterocycles. The maximum atomic E-state index is 13.0. The molecule has 0 aliphatic carbocycles. The van der Waals surface area contributed by atoms with Crippen molar-refractivity contribution in [3.05, 3.63) is 51.3 Å². The molecule has 26 heavy (non-hydrogen) atoms. The Morgan fingerprint density at radius 2 is 1.81 bits per heavy atom. The van der Waals surface area contributed by atoms with Gasteiger partial charge < -0.3 is 4.90 Å². The van der Waals surface area contributed by atoms with Crippen molar-refractivity contribution in [3.63, 3.8) is 0 Å². The van der Waals surface area contributed by atoms with E-state index in [4.69, 9.17) is 23.2 Å². The number of rotatable bonds is 4. The van der Waals surface area contributed by atoms with Gasteiger partial charge in [0.15, 0.2) is 0 Å². The molecule has 1 saturated heterocycles. The van der Waals surface area contributed by atoms with Crippen LogP contribution >= 0.6 is 23.2 Å². The highest BCUT2D eigenvalue weighted by Crippen LogP contribution is 2.25. The lowest BCUT2D eigenvalue weighted by Crippen LogP contribution is -2.50. The highest BCUT2D eigenvalue weighted by molar-refractivity contribution is 6.33. The molecule has 0 bridgehead atoms. The van der Waals surface area contributed by atoms with Crippen LogP contribution in [0.4, 0.5) is 0 Å². The first-order chi connectivity index (χ1) is 12.4. The minimum Gasteiger partial charge on any atom is -0.336 e. The maximum absolute atomic E-state index is 13.0. The van der Waals surface area contributed by atoms with Crippen molar-refractivity contribution in [1.29, 1.82) is 0 Å². The zero-order valence-electron chi connectivity index (χ0n) is 15.4. The SMILES string of the molecule is Cc1nn(Cc2ccccc2Cl)c(Cl)c1C(=O)N1CCN(C(C)C)CC1. The lowest BCUT2D eigenvalue weighted by Gasteiger charge is -2.36. The molecule has 5 nitrogen and oxygen atoms in total. The third kappa shape index (κ3) is 3.90. The van der Waals surface area contributed by atoms with Gasteiger partial charge in [-0.1, -0.05) is 41.4 Å². The number of carbonyl (C=O) groups excluding carboxylic acids is 1. The van der Waals surface area contributed by atoms with Crippen LogP contribution in [-0.2, 0) is 6.54 Å². The Balaban J connectivity index is 1.78. The zero-order chi connectivity index (χ0) is 18.8. The normalized spacial score (nSPS) is 15.7. The number of aryl methyl sites for hydroxylation is 1. The monoisotopic (exact) mass is 394 g/mol. The highest BCUT2D eigenvalue weighted by atomic mass is 35.5. The lowest BCUT2D eigenvalue weighted by molar-refractivity contribution is 0.0595. The third-order valence-corrected chi connectivity index (χ3v) is 5.64. The molecule has 7 heteroatoms. The number of amides is 1. The fraction of sp³-hybridized carbons (Fsp3) is 0.474. The van der Waals surface area contributed by atoms with E-state index in [1.54, 1.807) is 4.68 Å². The Morgan fingerprint density at radius 1 is 1.15 bits per heavy atom. The highest BCUT2D eigenvalue weighted by Gasteiger charge is 2.28. The van der Waals surface area contributed by atoms with Gasteiger partial charge in [0, 0.05) is 37.2 Å². The van der Waals surface area contributed by atoms with Crippen molar-refractivity contribution < 1.29 is 4.79 Å². The standard InChI is InChI=1S/C19H24Cl2N4O/c1-13(2)23-8-10-24(11-9-23)19(26)17-14(3)22-25(18(17)21)12-15-6-4-5-7-16(15)20/h4-7,13H,8-12H2,1-3H3. The smallest absolute Gasteiger partial charge is 0.258 e. The summed E-state index contributed by atoms with van der Waals surface area (Å²) in [5, 5.41) is 5.51. The molecular weight excluding hydrogens is 371 g/mol. The van der Waals surface area contributed by atoms with Gasteiger partial charge in [0.1, 0.15) is 5.15 Å². The van der Waals surface area contributed by atoms with Gasteiger partial charge in [-0.2, -0.15) is 5.10 Å². The molecule has 2 heterocycles. The molecule has 0 atom stereocenters. The summed E-state index contributed by atoms with van der Waals surface area (Å²) >= 11 is 12.8. The number of carbonyl (C=O) groups is 1. The van der Waals surface area contributed by atoms with Crippen LogP contribution < -0.4 is 0 Å². The van der Waals surface area contributed by atoms with Gasteiger partial charge in [0.25, 0.3) is 5.91 Å². The van der Waals surface area contributed by atoms with Crippen LogP contribution in [0.15, 0.2) is 24.3 Å². The van der Waals surface area contributed by atoms with Crippen LogP contribution in [0.25, 0.3) is 0 Å². The second-order valence-electron chi connectivity index (χ2n) is 6.92. The molecule has 140 valence electrons. The predicted molar refractivity (Wildman–Crippen MR) is 105 cm³/mol. The summed E-state index contributed by atoms with van der Waals surface area (Å²) in [6.45, 7) is 9.81. The first kappa shape index (κ1) is 19.2. The van der Waals surface area contributed by atoms with E-state index in [1.165, 1.54) is 0 Å². The number of hydrogen-bond acceptors (Lipinski definition) is 3. The molecule has 2 aromatic rings. The first-order valence-electron chi connectivity index (χ1n) is 8.88. The lowest BCUT2D eigenvalue weighted by atomic mass is 10.2. The summed E-state index contributed by atoms with van der Waals surface area (Å²) in [5.74, 6) is -0.0404. The van der Waals surface area contributed by atoms with Crippen molar-refractivity contribution in [2.45, 2.75) is 33.4 Å². The van der Waals surface area contributed by atoms with E-state index < -0.39 is 0 Å². The average molecular weight is 395 g/mol. The van der Waals surface area contributed by atoms with E-state index in [9.17, 15) is 4.79 Å². The molecule has 0 spiro atoms. The van der Waals surface area contributed by atoms with Gasteiger partial charge in [-0.25, -0.2) is 4.68 Å². The van der Waals surface area contributed by atoms with Crippen LogP contribution in [0.1, 0.15) is 35.5 Å². The fourth-order valence-corrected chi connectivity index (χ4v) is 3.80. The summed E-state index contributed by atoms with van der Waals surface area (Å²) < 4.78 is 1.65. The largest absolute Gasteiger partial charge is 0.336 e. The van der Waals surface area contributed by atoms with Gasteiger partial charge >= 0.3 is 0 Å². The molecule has 3 rings (SSSR count). The van der Waals surface area contributed by atoms with E-state index >= 15 is 0 Å². The quantitative estimate of drug-likeness (QED) is 0.793. The van der Waals surface area contributed by atoms with Crippen molar-refractivity contribution in [3.8, 4) is 0 Å². The van der Waals surface area contributed by atoms with E-state index in [2.05, 4.69) is 23.8 Å². The maximum Gasteiger partial charge on any atom is 0.258 e. The van der Waals surface area contributed by atoms with Crippen molar-refractivity contribution in [2.24, 2.45) is 0 Å². The molecule has 0 N–H and O–H groups in total. The molecular formula is C19H24Cl2N4O. The summed E-state index contributed by atoms with van der Waals surface area (Å²) in [6.07, 6.45) is 0. The van der Waals surface area contributed by atoms with Gasteiger partial charge in [-0.05, 0) is 32.4 Å². The Bertz CT molecular complexity index is 795. The number of nitrogens with zero attached hydrogens (tertiary/aromatic N) is 4. The van der Waals surface area contributed by atoms with Crippen molar-refractivity contribution >= 4 is 29.1 Å². The number of halogens is 2. The summed E-state index contributed by atoms with van der Waals surface area (Å²) in [7, 11) is 0. The summed E-state index contributed by atoms with van der Waals surface area (Å²) in [5.41, 5.74) is 2.07. The van der Waals surface area contributed by atoms with Gasteiger partial charge in [0.05, 0.1) is 17.8 Å². The number of piperazine rings is 1. The molecule has 1 aliphatic heterocycles. The van der Waals surface area contributed by atoms with E-state index in [-0.39, 0.29) is 5.91 Å². The minimum atomic E-state index is -0.0404. The van der Waals surface area contributed by atoms with Crippen LogP contribution in [0.3, 0.4) is 0 Å². The van der Waals surface area contributed by atoms with Crippen LogP contribution in [0, 0.1) is 6.92 Å². The summed E-state index contributed by atoms with van der Waals surface area (Å²) in [4.78, 5) is 17.2. The van der Waals surface area contributed by atoms with Crippen LogP contribution in [-0.4, -0.2) is 57.7 Å². The topological polar surface area (TPSA) is 41.4 Å². The zero-order valence-corrected chi connectivity index (χ0v) is 16.9. The number of aromatic nitrogens is 2. The molecule has 1 amide bonds. The summed E-state index contributed by atoms with van der Waals surface area (Å²) in [6, 6.07) is 8.07. The number of hydrogen-bond donors (Lipinski definition) is 0. The van der Waals surface area contributed by atoms with Gasteiger partial charge in [-0.3, -0.25) is 9.69 Å². The third-order valence-electron chi connectivity index (χ3n) is 4.89.